The number of thioether (sulfide) groups is 1. The number of hydrogen-bond donors (Lipinski definition) is 2. The molecule has 10 heteroatoms. The smallest absolute Gasteiger partial charge is 0.210 e. The van der Waals surface area contributed by atoms with Crippen LogP contribution in [0.4, 0.5) is 5.69 Å². The highest BCUT2D eigenvalue weighted by molar-refractivity contribution is 7.98. The summed E-state index contributed by atoms with van der Waals surface area (Å²) in [6.45, 7) is 0. The monoisotopic (exact) mass is 470 g/mol. The van der Waals surface area contributed by atoms with Crippen molar-refractivity contribution in [3.05, 3.63) is 65.5 Å². The predicted molar refractivity (Wildman–Crippen MR) is 131 cm³/mol. The number of sulfone groups is 1. The lowest BCUT2D eigenvalue weighted by molar-refractivity contribution is 0.392. The quantitative estimate of drug-likeness (QED) is 0.533. The summed E-state index contributed by atoms with van der Waals surface area (Å²) < 4.78 is 25.2. The topological polar surface area (TPSA) is 106 Å². The van der Waals surface area contributed by atoms with Crippen LogP contribution in [0.5, 0.6) is 0 Å². The minimum absolute atomic E-state index is 0.0102. The molecule has 0 spiro atoms. The van der Waals surface area contributed by atoms with E-state index in [4.69, 9.17) is 10.7 Å². The Hall–Kier alpha value is -2.82. The molecule has 0 amide bonds. The highest BCUT2D eigenvalue weighted by Crippen LogP contribution is 2.28. The Morgan fingerprint density at radius 1 is 1.22 bits per heavy atom. The van der Waals surface area contributed by atoms with Crippen molar-refractivity contribution in [1.82, 2.24) is 14.9 Å². The van der Waals surface area contributed by atoms with Crippen LogP contribution in [0.25, 0.3) is 11.0 Å². The number of allylic oxidation sites excluding steroid dienone is 1. The molecule has 168 valence electrons. The number of fused-ring (bicyclic) bond motifs is 1. The van der Waals surface area contributed by atoms with E-state index < -0.39 is 15.6 Å². The normalized spacial score (nSPS) is 18.5. The third-order valence-corrected chi connectivity index (χ3v) is 6.99. The SMILES string of the molecule is CSc1nc2cc(N(C)C3=CC=NC(N)(c4ccc(CS(C)(=O)=O)cc4)N3)ccc2n1C. The average molecular weight is 471 g/mol. The van der Waals surface area contributed by atoms with Crippen LogP contribution >= 0.6 is 11.8 Å². The van der Waals surface area contributed by atoms with Gasteiger partial charge in [-0.25, -0.2) is 18.4 Å². The van der Waals surface area contributed by atoms with Crippen LogP contribution in [0.2, 0.25) is 0 Å². The molecule has 1 unspecified atom stereocenters. The first kappa shape index (κ1) is 22.4. The third kappa shape index (κ3) is 4.38. The van der Waals surface area contributed by atoms with Gasteiger partial charge in [0.15, 0.2) is 15.0 Å². The Kier molecular flexibility index (Phi) is 5.78. The molecule has 1 atom stereocenters. The van der Waals surface area contributed by atoms with E-state index in [-0.39, 0.29) is 5.75 Å². The van der Waals surface area contributed by atoms with Gasteiger partial charge in [-0.3, -0.25) is 5.73 Å². The zero-order valence-corrected chi connectivity index (χ0v) is 20.0. The molecule has 0 saturated heterocycles. The Morgan fingerprint density at radius 3 is 2.59 bits per heavy atom. The first-order chi connectivity index (χ1) is 15.1. The molecule has 4 rings (SSSR count). The van der Waals surface area contributed by atoms with Crippen LogP contribution in [-0.2, 0) is 28.4 Å². The summed E-state index contributed by atoms with van der Waals surface area (Å²) in [5.41, 5.74) is 11.0. The van der Waals surface area contributed by atoms with Crippen molar-refractivity contribution < 1.29 is 8.42 Å². The summed E-state index contributed by atoms with van der Waals surface area (Å²) in [7, 11) is 0.862. The number of nitrogens with two attached hydrogens (primary N) is 1. The first-order valence-corrected chi connectivity index (χ1v) is 13.2. The van der Waals surface area contributed by atoms with Crippen molar-refractivity contribution >= 4 is 44.5 Å². The van der Waals surface area contributed by atoms with E-state index in [2.05, 4.69) is 20.9 Å². The Balaban J connectivity index is 1.57. The lowest BCUT2D eigenvalue weighted by Crippen LogP contribution is -2.52. The molecule has 1 aliphatic heterocycles. The predicted octanol–water partition coefficient (Wildman–Crippen LogP) is 2.56. The van der Waals surface area contributed by atoms with Crippen LogP contribution < -0.4 is 16.0 Å². The lowest BCUT2D eigenvalue weighted by atomic mass is 10.1. The molecular weight excluding hydrogens is 444 g/mol. The molecule has 1 aliphatic rings. The molecule has 8 nitrogen and oxygen atoms in total. The number of rotatable bonds is 6. The number of hydrogen-bond acceptors (Lipinski definition) is 8. The minimum Gasteiger partial charge on any atom is -0.331 e. The number of anilines is 1. The van der Waals surface area contributed by atoms with Crippen molar-refractivity contribution in [2.45, 2.75) is 16.7 Å². The molecule has 1 aromatic heterocycles. The van der Waals surface area contributed by atoms with Gasteiger partial charge in [-0.1, -0.05) is 36.0 Å². The van der Waals surface area contributed by atoms with E-state index in [1.807, 2.05) is 43.5 Å². The second-order valence-electron chi connectivity index (χ2n) is 7.88. The van der Waals surface area contributed by atoms with Gasteiger partial charge >= 0.3 is 0 Å². The zero-order chi connectivity index (χ0) is 23.1. The van der Waals surface area contributed by atoms with Gasteiger partial charge in [-0.05, 0) is 36.1 Å². The number of aromatic nitrogens is 2. The molecule has 2 aromatic carbocycles. The maximum atomic E-state index is 11.5. The van der Waals surface area contributed by atoms with Crippen LogP contribution in [0, 0.1) is 0 Å². The van der Waals surface area contributed by atoms with Crippen LogP contribution in [0.15, 0.2) is 64.5 Å². The molecule has 2 heterocycles. The van der Waals surface area contributed by atoms with Gasteiger partial charge in [0.25, 0.3) is 0 Å². The highest BCUT2D eigenvalue weighted by atomic mass is 32.2. The summed E-state index contributed by atoms with van der Waals surface area (Å²) in [4.78, 5) is 11.1. The number of imidazole rings is 1. The van der Waals surface area contributed by atoms with Crippen molar-refractivity contribution in [3.63, 3.8) is 0 Å². The largest absolute Gasteiger partial charge is 0.331 e. The summed E-state index contributed by atoms with van der Waals surface area (Å²) in [6, 6.07) is 13.3. The number of aryl methyl sites for hydroxylation is 1. The molecular formula is C22H26N6O2S2. The zero-order valence-electron chi connectivity index (χ0n) is 18.4. The molecule has 0 fully saturated rings. The fourth-order valence-electron chi connectivity index (χ4n) is 3.69. The molecule has 3 N–H and O–H groups in total. The summed E-state index contributed by atoms with van der Waals surface area (Å²) in [5, 5.41) is 4.27. The molecule has 0 bridgehead atoms. The van der Waals surface area contributed by atoms with E-state index >= 15 is 0 Å². The van der Waals surface area contributed by atoms with Crippen molar-refractivity contribution in [3.8, 4) is 0 Å². The molecule has 0 saturated carbocycles. The Morgan fingerprint density at radius 2 is 1.94 bits per heavy atom. The number of nitrogens with one attached hydrogen (secondary N) is 1. The molecule has 0 radical (unpaired) electrons. The highest BCUT2D eigenvalue weighted by Gasteiger charge is 2.30. The maximum absolute atomic E-state index is 11.5. The van der Waals surface area contributed by atoms with Gasteiger partial charge in [0, 0.05) is 37.8 Å². The Labute approximate surface area is 192 Å². The van der Waals surface area contributed by atoms with Crippen molar-refractivity contribution in [2.75, 3.05) is 24.5 Å². The summed E-state index contributed by atoms with van der Waals surface area (Å²) in [6.07, 6.45) is 6.77. The summed E-state index contributed by atoms with van der Waals surface area (Å²) >= 11 is 1.61. The molecule has 32 heavy (non-hydrogen) atoms. The van der Waals surface area contributed by atoms with Gasteiger partial charge in [-0.15, -0.1) is 0 Å². The van der Waals surface area contributed by atoms with Crippen LogP contribution in [0.1, 0.15) is 11.1 Å². The van der Waals surface area contributed by atoms with Gasteiger partial charge in [0.1, 0.15) is 5.82 Å². The molecule has 3 aromatic rings. The second kappa shape index (κ2) is 8.27. The number of aliphatic imine (C=N–C) groups is 1. The van der Waals surface area contributed by atoms with E-state index in [0.717, 1.165) is 33.3 Å². The second-order valence-corrected chi connectivity index (χ2v) is 10.8. The van der Waals surface area contributed by atoms with E-state index in [0.29, 0.717) is 5.56 Å². The van der Waals surface area contributed by atoms with Gasteiger partial charge in [0.2, 0.25) is 5.79 Å². The van der Waals surface area contributed by atoms with E-state index in [1.165, 1.54) is 6.26 Å². The number of nitrogens with zero attached hydrogens (tertiary/aromatic N) is 4. The maximum Gasteiger partial charge on any atom is 0.210 e. The minimum atomic E-state index is -3.10. The van der Waals surface area contributed by atoms with Gasteiger partial charge in [0.05, 0.1) is 16.8 Å². The average Bonchev–Trinajstić information content (AvgIpc) is 3.07. The van der Waals surface area contributed by atoms with Crippen molar-refractivity contribution in [2.24, 2.45) is 17.8 Å². The van der Waals surface area contributed by atoms with Gasteiger partial charge < -0.3 is 14.8 Å². The fraction of sp³-hybridized carbons (Fsp3) is 0.273. The standard InChI is InChI=1S/C22H26N6O2S2/c1-27(17-9-10-19-18(13-17)25-21(31-3)28(19)2)20-11-12-24-22(23,26-20)16-7-5-15(6-8-16)14-32(4,29)30/h5-13,26H,14,23H2,1-4H3. The first-order valence-electron chi connectivity index (χ1n) is 9.93. The fourth-order valence-corrected chi connectivity index (χ4v) is 5.05. The van der Waals surface area contributed by atoms with Gasteiger partial charge in [-0.2, -0.15) is 0 Å². The third-order valence-electron chi connectivity index (χ3n) is 5.41. The van der Waals surface area contributed by atoms with E-state index in [1.54, 1.807) is 42.2 Å². The number of benzene rings is 2. The van der Waals surface area contributed by atoms with Crippen LogP contribution in [0.3, 0.4) is 0 Å². The Bertz CT molecular complexity index is 1330. The van der Waals surface area contributed by atoms with Crippen LogP contribution in [-0.4, -0.2) is 43.7 Å². The van der Waals surface area contributed by atoms with E-state index in [9.17, 15) is 8.42 Å². The summed E-state index contributed by atoms with van der Waals surface area (Å²) in [5.74, 6) is -0.393. The lowest BCUT2D eigenvalue weighted by Gasteiger charge is -2.35. The van der Waals surface area contributed by atoms with Crippen molar-refractivity contribution in [1.29, 1.82) is 0 Å². The molecule has 0 aliphatic carbocycles.